The molecule has 22 heavy (non-hydrogen) atoms. The van der Waals surface area contributed by atoms with E-state index in [2.05, 4.69) is 10.3 Å². The van der Waals surface area contributed by atoms with Crippen LogP contribution in [0, 0.1) is 10.1 Å². The van der Waals surface area contributed by atoms with Gasteiger partial charge in [0.25, 0.3) is 5.91 Å². The van der Waals surface area contributed by atoms with Gasteiger partial charge in [-0.05, 0) is 35.7 Å². The highest BCUT2D eigenvalue weighted by atomic mass is 16.6. The van der Waals surface area contributed by atoms with Crippen LogP contribution >= 0.6 is 0 Å². The van der Waals surface area contributed by atoms with Crippen molar-refractivity contribution in [1.29, 1.82) is 0 Å². The third-order valence-corrected chi connectivity index (χ3v) is 3.26. The van der Waals surface area contributed by atoms with Gasteiger partial charge in [-0.25, -0.2) is 0 Å². The number of amides is 1. The normalized spacial score (nSPS) is 10.2. The fraction of sp³-hybridized carbons (Fsp3) is 0.200. The average molecular weight is 301 g/mol. The molecule has 1 aromatic carbocycles. The zero-order chi connectivity index (χ0) is 16.1. The molecule has 0 bridgehead atoms. The lowest BCUT2D eigenvalue weighted by Crippen LogP contribution is -2.23. The van der Waals surface area contributed by atoms with Crippen molar-refractivity contribution >= 4 is 11.6 Å². The summed E-state index contributed by atoms with van der Waals surface area (Å²) in [7, 11) is 0. The highest BCUT2D eigenvalue weighted by molar-refractivity contribution is 5.95. The molecule has 114 valence electrons. The highest BCUT2D eigenvalue weighted by Crippen LogP contribution is 2.26. The third-order valence-electron chi connectivity index (χ3n) is 3.26. The van der Waals surface area contributed by atoms with Crippen LogP contribution < -0.4 is 5.32 Å². The van der Waals surface area contributed by atoms with Crippen LogP contribution in [-0.2, 0) is 13.0 Å². The Kier molecular flexibility index (Phi) is 4.67. The molecule has 0 aliphatic heterocycles. The highest BCUT2D eigenvalue weighted by Gasteiger charge is 2.16. The lowest BCUT2D eigenvalue weighted by atomic mass is 10.1. The number of carbonyl (C=O) groups excluding carboxylic acids is 1. The summed E-state index contributed by atoms with van der Waals surface area (Å²) in [5, 5.41) is 22.9. The van der Waals surface area contributed by atoms with Gasteiger partial charge in [0.15, 0.2) is 5.75 Å². The molecule has 0 unspecified atom stereocenters. The van der Waals surface area contributed by atoms with Crippen molar-refractivity contribution in [1.82, 2.24) is 10.3 Å². The zero-order valence-electron chi connectivity index (χ0n) is 11.9. The van der Waals surface area contributed by atoms with Crippen LogP contribution in [0.25, 0.3) is 0 Å². The first-order chi connectivity index (χ1) is 10.5. The number of phenols is 1. The minimum absolute atomic E-state index is 0.162. The van der Waals surface area contributed by atoms with E-state index < -0.39 is 22.3 Å². The first kappa shape index (κ1) is 15.4. The standard InChI is InChI=1S/C15H15N3O4/c1-2-10-8-16-6-5-12(10)9-17-15(20)11-3-4-13(18(21)22)14(19)7-11/h3-8,19H,2,9H2,1H3,(H,17,20). The molecule has 7 nitrogen and oxygen atoms in total. The van der Waals surface area contributed by atoms with Gasteiger partial charge in [-0.2, -0.15) is 0 Å². The SMILES string of the molecule is CCc1cnccc1CNC(=O)c1ccc([N+](=O)[O-])c(O)c1. The molecule has 7 heteroatoms. The van der Waals surface area contributed by atoms with E-state index in [9.17, 15) is 20.0 Å². The van der Waals surface area contributed by atoms with Crippen molar-refractivity contribution in [3.63, 3.8) is 0 Å². The second-order valence-corrected chi connectivity index (χ2v) is 4.64. The van der Waals surface area contributed by atoms with Crippen LogP contribution in [0.1, 0.15) is 28.4 Å². The lowest BCUT2D eigenvalue weighted by Gasteiger charge is -2.09. The number of aromatic nitrogens is 1. The van der Waals surface area contributed by atoms with Crippen LogP contribution in [0.2, 0.25) is 0 Å². The van der Waals surface area contributed by atoms with Gasteiger partial charge in [0, 0.05) is 30.6 Å². The van der Waals surface area contributed by atoms with Crippen LogP contribution in [0.3, 0.4) is 0 Å². The molecule has 1 heterocycles. The number of nitrogens with one attached hydrogen (secondary N) is 1. The predicted octanol–water partition coefficient (Wildman–Crippen LogP) is 2.19. The Morgan fingerprint density at radius 1 is 1.36 bits per heavy atom. The van der Waals surface area contributed by atoms with Crippen LogP contribution in [-0.4, -0.2) is 20.9 Å². The Balaban J connectivity index is 2.09. The van der Waals surface area contributed by atoms with E-state index in [1.165, 1.54) is 6.07 Å². The number of nitro groups is 1. The summed E-state index contributed by atoms with van der Waals surface area (Å²) < 4.78 is 0. The first-order valence-corrected chi connectivity index (χ1v) is 6.70. The maximum atomic E-state index is 12.0. The van der Waals surface area contributed by atoms with Gasteiger partial charge in [0.2, 0.25) is 0 Å². The molecule has 0 saturated carbocycles. The van der Waals surface area contributed by atoms with E-state index in [4.69, 9.17) is 0 Å². The van der Waals surface area contributed by atoms with Gasteiger partial charge in [0.05, 0.1) is 4.92 Å². The number of pyridine rings is 1. The second-order valence-electron chi connectivity index (χ2n) is 4.64. The molecule has 0 spiro atoms. The van der Waals surface area contributed by atoms with Crippen LogP contribution in [0.5, 0.6) is 5.75 Å². The number of benzene rings is 1. The number of carbonyl (C=O) groups is 1. The van der Waals surface area contributed by atoms with Crippen molar-refractivity contribution in [2.45, 2.75) is 19.9 Å². The zero-order valence-corrected chi connectivity index (χ0v) is 11.9. The molecule has 0 radical (unpaired) electrons. The number of aryl methyl sites for hydroxylation is 1. The van der Waals surface area contributed by atoms with E-state index >= 15 is 0 Å². The summed E-state index contributed by atoms with van der Waals surface area (Å²) >= 11 is 0. The Morgan fingerprint density at radius 2 is 2.14 bits per heavy atom. The number of nitro benzene ring substituents is 1. The van der Waals surface area contributed by atoms with Crippen molar-refractivity contribution in [3.8, 4) is 5.75 Å². The summed E-state index contributed by atoms with van der Waals surface area (Å²) in [5.41, 5.74) is 1.72. The van der Waals surface area contributed by atoms with Gasteiger partial charge in [-0.1, -0.05) is 6.92 Å². The van der Waals surface area contributed by atoms with Crippen LogP contribution in [0.15, 0.2) is 36.7 Å². The van der Waals surface area contributed by atoms with Crippen molar-refractivity contribution in [3.05, 3.63) is 63.5 Å². The fourth-order valence-electron chi connectivity index (χ4n) is 2.04. The van der Waals surface area contributed by atoms with Gasteiger partial charge in [-0.15, -0.1) is 0 Å². The number of hydrogen-bond donors (Lipinski definition) is 2. The maximum absolute atomic E-state index is 12.0. The largest absolute Gasteiger partial charge is 0.502 e. The molecular formula is C15H15N3O4. The maximum Gasteiger partial charge on any atom is 0.310 e. The summed E-state index contributed by atoms with van der Waals surface area (Å²) in [5.74, 6) is -0.945. The number of hydrogen-bond acceptors (Lipinski definition) is 5. The van der Waals surface area contributed by atoms with Crippen molar-refractivity contribution in [2.75, 3.05) is 0 Å². The van der Waals surface area contributed by atoms with E-state index in [1.807, 2.05) is 13.0 Å². The summed E-state index contributed by atoms with van der Waals surface area (Å²) in [6.07, 6.45) is 4.20. The molecule has 2 aromatic rings. The van der Waals surface area contributed by atoms with Gasteiger partial charge in [-0.3, -0.25) is 19.9 Å². The van der Waals surface area contributed by atoms with Gasteiger partial charge >= 0.3 is 5.69 Å². The minimum Gasteiger partial charge on any atom is -0.502 e. The Bertz CT molecular complexity index is 716. The monoisotopic (exact) mass is 301 g/mol. The molecule has 2 rings (SSSR count). The minimum atomic E-state index is -0.707. The molecule has 1 aromatic heterocycles. The molecule has 0 fully saturated rings. The molecule has 0 saturated heterocycles. The Hall–Kier alpha value is -2.96. The predicted molar refractivity (Wildman–Crippen MR) is 79.5 cm³/mol. The van der Waals surface area contributed by atoms with E-state index in [1.54, 1.807) is 12.4 Å². The number of phenolic OH excluding ortho intramolecular Hbond substituents is 1. The Labute approximate surface area is 126 Å². The average Bonchev–Trinajstić information content (AvgIpc) is 2.52. The molecular weight excluding hydrogens is 286 g/mol. The van der Waals surface area contributed by atoms with Crippen molar-refractivity contribution in [2.24, 2.45) is 0 Å². The topological polar surface area (TPSA) is 105 Å². The van der Waals surface area contributed by atoms with E-state index in [0.29, 0.717) is 6.54 Å². The quantitative estimate of drug-likeness (QED) is 0.650. The molecule has 0 aliphatic carbocycles. The summed E-state index contributed by atoms with van der Waals surface area (Å²) in [6.45, 7) is 2.32. The smallest absolute Gasteiger partial charge is 0.310 e. The van der Waals surface area contributed by atoms with Gasteiger partial charge in [0.1, 0.15) is 0 Å². The first-order valence-electron chi connectivity index (χ1n) is 6.70. The Morgan fingerprint density at radius 3 is 2.77 bits per heavy atom. The van der Waals surface area contributed by atoms with Crippen molar-refractivity contribution < 1.29 is 14.8 Å². The molecule has 0 atom stereocenters. The number of aromatic hydroxyl groups is 1. The van der Waals surface area contributed by atoms with E-state index in [0.717, 1.165) is 29.7 Å². The molecule has 1 amide bonds. The van der Waals surface area contributed by atoms with Gasteiger partial charge < -0.3 is 10.4 Å². The molecule has 0 aliphatic rings. The lowest BCUT2D eigenvalue weighted by molar-refractivity contribution is -0.385. The molecule has 2 N–H and O–H groups in total. The number of nitrogens with zero attached hydrogens (tertiary/aromatic N) is 2. The summed E-state index contributed by atoms with van der Waals surface area (Å²) in [4.78, 5) is 26.0. The third kappa shape index (κ3) is 3.38. The fourth-order valence-corrected chi connectivity index (χ4v) is 2.04. The summed E-state index contributed by atoms with van der Waals surface area (Å²) in [6, 6.07) is 5.32. The van der Waals surface area contributed by atoms with E-state index in [-0.39, 0.29) is 5.56 Å². The second kappa shape index (κ2) is 6.66. The number of rotatable bonds is 5. The van der Waals surface area contributed by atoms with Crippen LogP contribution in [0.4, 0.5) is 5.69 Å².